The Kier molecular flexibility index (Phi) is 7.05. The van der Waals surface area contributed by atoms with E-state index >= 15 is 0 Å². The van der Waals surface area contributed by atoms with E-state index in [1.165, 1.54) is 28.3 Å². The van der Waals surface area contributed by atoms with Gasteiger partial charge in [-0.2, -0.15) is 0 Å². The van der Waals surface area contributed by atoms with E-state index in [9.17, 15) is 19.7 Å². The number of rotatable bonds is 6. The molecule has 186 valence electrons. The zero-order chi connectivity index (χ0) is 26.0. The Morgan fingerprint density at radius 1 is 0.944 bits per heavy atom. The molecule has 0 bridgehead atoms. The van der Waals surface area contributed by atoms with Gasteiger partial charge in [-0.15, -0.1) is 0 Å². The fourth-order valence-corrected chi connectivity index (χ4v) is 4.69. The fraction of sp³-hybridized carbons (Fsp3) is 0.286. The van der Waals surface area contributed by atoms with Crippen LogP contribution in [0.25, 0.3) is 0 Å². The maximum absolute atomic E-state index is 13.3. The maximum atomic E-state index is 13.3. The molecule has 1 aliphatic rings. The number of benzene rings is 3. The molecule has 0 spiro atoms. The standard InChI is InChI=1S/C28H30N4O4/c1-18-14-20(3)25(21(4)15-18)17-30-12-5-13-31(28(30)34)24-10-8-23(9-11-24)29-27(33)22-7-6-19(2)26(16-22)32(35)36/h6-11,14-16H,5,12-13,17H2,1-4H3,(H,29,33). The topological polar surface area (TPSA) is 95.8 Å². The van der Waals surface area contributed by atoms with Gasteiger partial charge in [0.25, 0.3) is 11.6 Å². The highest BCUT2D eigenvalue weighted by molar-refractivity contribution is 6.05. The van der Waals surface area contributed by atoms with Crippen LogP contribution in [0.5, 0.6) is 0 Å². The zero-order valence-electron chi connectivity index (χ0n) is 21.0. The van der Waals surface area contributed by atoms with Crippen LogP contribution in [0.2, 0.25) is 0 Å². The lowest BCUT2D eigenvalue weighted by molar-refractivity contribution is -0.385. The van der Waals surface area contributed by atoms with E-state index in [-0.39, 0.29) is 17.3 Å². The van der Waals surface area contributed by atoms with Gasteiger partial charge in [0.2, 0.25) is 0 Å². The molecule has 4 rings (SSSR count). The number of carbonyl (C=O) groups is 2. The minimum absolute atomic E-state index is 0.0376. The second kappa shape index (κ2) is 10.2. The first-order valence-corrected chi connectivity index (χ1v) is 11.9. The molecule has 0 aliphatic carbocycles. The van der Waals surface area contributed by atoms with Gasteiger partial charge in [0.1, 0.15) is 0 Å². The number of urea groups is 1. The smallest absolute Gasteiger partial charge is 0.322 e. The Balaban J connectivity index is 1.46. The molecule has 3 aromatic carbocycles. The summed E-state index contributed by atoms with van der Waals surface area (Å²) in [5.74, 6) is -0.435. The molecule has 1 aliphatic heterocycles. The third-order valence-corrected chi connectivity index (χ3v) is 6.61. The maximum Gasteiger partial charge on any atom is 0.324 e. The summed E-state index contributed by atoms with van der Waals surface area (Å²) in [7, 11) is 0. The minimum Gasteiger partial charge on any atom is -0.322 e. The van der Waals surface area contributed by atoms with E-state index in [2.05, 4.69) is 38.2 Å². The Hall–Kier alpha value is -4.20. The number of nitro groups is 1. The van der Waals surface area contributed by atoms with Crippen molar-refractivity contribution in [1.82, 2.24) is 4.90 Å². The molecule has 0 aromatic heterocycles. The first kappa shape index (κ1) is 24.9. The van der Waals surface area contributed by atoms with E-state index in [1.54, 1.807) is 48.2 Å². The minimum atomic E-state index is -0.499. The lowest BCUT2D eigenvalue weighted by Crippen LogP contribution is -2.49. The molecule has 0 atom stereocenters. The summed E-state index contributed by atoms with van der Waals surface area (Å²) in [5.41, 5.74) is 6.69. The second-order valence-electron chi connectivity index (χ2n) is 9.35. The lowest BCUT2D eigenvalue weighted by atomic mass is 9.99. The molecule has 1 heterocycles. The van der Waals surface area contributed by atoms with Crippen molar-refractivity contribution in [1.29, 1.82) is 0 Å². The molecule has 3 aromatic rings. The summed E-state index contributed by atoms with van der Waals surface area (Å²) in [6.45, 7) is 9.79. The third kappa shape index (κ3) is 5.22. The van der Waals surface area contributed by atoms with E-state index in [1.807, 2.05) is 4.90 Å². The summed E-state index contributed by atoms with van der Waals surface area (Å²) < 4.78 is 0. The first-order chi connectivity index (χ1) is 17.1. The van der Waals surface area contributed by atoms with Crippen LogP contribution in [0.1, 0.15) is 44.6 Å². The van der Waals surface area contributed by atoms with Crippen LogP contribution >= 0.6 is 0 Å². The highest BCUT2D eigenvalue weighted by Crippen LogP contribution is 2.26. The monoisotopic (exact) mass is 486 g/mol. The zero-order valence-corrected chi connectivity index (χ0v) is 21.0. The van der Waals surface area contributed by atoms with Crippen LogP contribution in [0.3, 0.4) is 0 Å². The number of amides is 3. The summed E-state index contributed by atoms with van der Waals surface area (Å²) in [5, 5.41) is 13.9. The van der Waals surface area contributed by atoms with Crippen LogP contribution in [0.15, 0.2) is 54.6 Å². The van der Waals surface area contributed by atoms with Gasteiger partial charge in [-0.1, -0.05) is 23.8 Å². The molecule has 1 saturated heterocycles. The fourth-order valence-electron chi connectivity index (χ4n) is 4.69. The van der Waals surface area contributed by atoms with E-state index in [4.69, 9.17) is 0 Å². The summed E-state index contributed by atoms with van der Waals surface area (Å²) in [6, 6.07) is 15.7. The molecule has 0 unspecified atom stereocenters. The lowest BCUT2D eigenvalue weighted by Gasteiger charge is -2.36. The van der Waals surface area contributed by atoms with Crippen LogP contribution in [0, 0.1) is 37.8 Å². The second-order valence-corrected chi connectivity index (χ2v) is 9.35. The van der Waals surface area contributed by atoms with Crippen molar-refractivity contribution >= 4 is 29.0 Å². The van der Waals surface area contributed by atoms with Gasteiger partial charge in [-0.05, 0) is 81.1 Å². The number of anilines is 2. The van der Waals surface area contributed by atoms with Crippen LogP contribution in [-0.4, -0.2) is 34.9 Å². The highest BCUT2D eigenvalue weighted by atomic mass is 16.6. The van der Waals surface area contributed by atoms with Gasteiger partial charge in [-0.3, -0.25) is 19.8 Å². The van der Waals surface area contributed by atoms with Gasteiger partial charge in [0, 0.05) is 48.2 Å². The Morgan fingerprint density at radius 2 is 1.61 bits per heavy atom. The Morgan fingerprint density at radius 3 is 2.25 bits per heavy atom. The van der Waals surface area contributed by atoms with Crippen molar-refractivity contribution in [2.24, 2.45) is 0 Å². The SMILES string of the molecule is Cc1cc(C)c(CN2CCCN(c3ccc(NC(=O)c4ccc(C)c([N+](=O)[O-])c4)cc3)C2=O)c(C)c1. The molecule has 3 amide bonds. The molecule has 1 N–H and O–H groups in total. The van der Waals surface area contributed by atoms with E-state index < -0.39 is 10.8 Å². The predicted octanol–water partition coefficient (Wildman–Crippen LogP) is 5.91. The Labute approximate surface area is 210 Å². The van der Waals surface area contributed by atoms with Gasteiger partial charge in [0.15, 0.2) is 0 Å². The van der Waals surface area contributed by atoms with Crippen LogP contribution in [-0.2, 0) is 6.54 Å². The summed E-state index contributed by atoms with van der Waals surface area (Å²) in [4.78, 5) is 40.3. The summed E-state index contributed by atoms with van der Waals surface area (Å²) in [6.07, 6.45) is 0.861. The van der Waals surface area contributed by atoms with E-state index in [0.29, 0.717) is 30.9 Å². The average Bonchev–Trinajstić information content (AvgIpc) is 2.83. The van der Waals surface area contributed by atoms with Crippen molar-refractivity contribution in [3.05, 3.63) is 98.1 Å². The average molecular weight is 487 g/mol. The quantitative estimate of drug-likeness (QED) is 0.346. The van der Waals surface area contributed by atoms with Crippen LogP contribution in [0.4, 0.5) is 21.9 Å². The van der Waals surface area contributed by atoms with E-state index in [0.717, 1.165) is 12.1 Å². The first-order valence-electron chi connectivity index (χ1n) is 11.9. The largest absolute Gasteiger partial charge is 0.324 e. The van der Waals surface area contributed by atoms with Crippen LogP contribution < -0.4 is 10.2 Å². The molecule has 36 heavy (non-hydrogen) atoms. The molecule has 0 saturated carbocycles. The molecular formula is C28H30N4O4. The normalized spacial score (nSPS) is 13.6. The number of nitrogens with zero attached hydrogens (tertiary/aromatic N) is 3. The predicted molar refractivity (Wildman–Crippen MR) is 141 cm³/mol. The molecule has 0 radical (unpaired) electrons. The number of nitrogens with one attached hydrogen (secondary N) is 1. The van der Waals surface area contributed by atoms with Gasteiger partial charge in [-0.25, -0.2) is 4.79 Å². The van der Waals surface area contributed by atoms with Crippen molar-refractivity contribution < 1.29 is 14.5 Å². The number of hydrogen-bond donors (Lipinski definition) is 1. The third-order valence-electron chi connectivity index (χ3n) is 6.61. The number of hydrogen-bond acceptors (Lipinski definition) is 4. The number of aryl methyl sites for hydroxylation is 4. The van der Waals surface area contributed by atoms with Gasteiger partial charge < -0.3 is 10.2 Å². The van der Waals surface area contributed by atoms with Crippen molar-refractivity contribution in [3.8, 4) is 0 Å². The number of carbonyl (C=O) groups excluding carboxylic acids is 2. The molecular weight excluding hydrogens is 456 g/mol. The summed E-state index contributed by atoms with van der Waals surface area (Å²) >= 11 is 0. The van der Waals surface area contributed by atoms with Crippen molar-refractivity contribution in [3.63, 3.8) is 0 Å². The highest BCUT2D eigenvalue weighted by Gasteiger charge is 2.27. The van der Waals surface area contributed by atoms with Gasteiger partial charge in [0.05, 0.1) is 4.92 Å². The van der Waals surface area contributed by atoms with Crippen molar-refractivity contribution in [2.45, 2.75) is 40.7 Å². The molecule has 8 nitrogen and oxygen atoms in total. The number of nitro benzene ring substituents is 1. The van der Waals surface area contributed by atoms with Gasteiger partial charge >= 0.3 is 6.03 Å². The Bertz CT molecular complexity index is 1310. The molecule has 1 fully saturated rings. The van der Waals surface area contributed by atoms with Crippen molar-refractivity contribution in [2.75, 3.05) is 23.3 Å². The molecule has 8 heteroatoms.